The molecule has 4 fully saturated rings. The first-order valence-electron chi connectivity index (χ1n) is 9.36. The van der Waals surface area contributed by atoms with Crippen molar-refractivity contribution in [1.29, 1.82) is 0 Å². The number of aliphatic hydroxyl groups is 1. The number of likely N-dealkylation sites (tertiary alicyclic amines) is 1. The molecule has 0 radical (unpaired) electrons. The number of rotatable bonds is 5. The first kappa shape index (κ1) is 15.5. The number of hydrogen-bond donors (Lipinski definition) is 1. The van der Waals surface area contributed by atoms with Crippen LogP contribution in [0.4, 0.5) is 0 Å². The summed E-state index contributed by atoms with van der Waals surface area (Å²) in [5.74, 6) is 4.75. The molecule has 3 heteroatoms. The van der Waals surface area contributed by atoms with Gasteiger partial charge in [-0.2, -0.15) is 0 Å². The normalized spacial score (nSPS) is 33.0. The molecular formula is C20H29NO2. The van der Waals surface area contributed by atoms with Gasteiger partial charge in [-0.15, -0.1) is 0 Å². The third-order valence-corrected chi connectivity index (χ3v) is 6.52. The van der Waals surface area contributed by atoms with Crippen LogP contribution in [0.5, 0.6) is 5.75 Å². The van der Waals surface area contributed by atoms with Gasteiger partial charge in [-0.3, -0.25) is 4.90 Å². The van der Waals surface area contributed by atoms with Gasteiger partial charge in [-0.1, -0.05) is 6.07 Å². The Balaban J connectivity index is 1.45. The zero-order valence-electron chi connectivity index (χ0n) is 14.2. The van der Waals surface area contributed by atoms with E-state index in [1.54, 1.807) is 0 Å². The second kappa shape index (κ2) is 6.45. The van der Waals surface area contributed by atoms with Crippen molar-refractivity contribution in [3.05, 3.63) is 29.3 Å². The fraction of sp³-hybridized carbons (Fsp3) is 0.700. The molecule has 0 spiro atoms. The molecule has 3 saturated carbocycles. The van der Waals surface area contributed by atoms with Gasteiger partial charge in [-0.05, 0) is 74.0 Å². The van der Waals surface area contributed by atoms with Crippen molar-refractivity contribution in [2.45, 2.75) is 45.8 Å². The van der Waals surface area contributed by atoms with Gasteiger partial charge in [0.05, 0.1) is 13.2 Å². The number of benzene rings is 1. The highest BCUT2D eigenvalue weighted by Gasteiger charge is 2.47. The molecule has 1 saturated heterocycles. The molecule has 23 heavy (non-hydrogen) atoms. The van der Waals surface area contributed by atoms with Crippen molar-refractivity contribution in [2.24, 2.45) is 23.7 Å². The van der Waals surface area contributed by atoms with Crippen LogP contribution in [0, 0.1) is 23.7 Å². The van der Waals surface area contributed by atoms with Crippen LogP contribution in [0.3, 0.4) is 0 Å². The van der Waals surface area contributed by atoms with Crippen LogP contribution < -0.4 is 4.74 Å². The van der Waals surface area contributed by atoms with Gasteiger partial charge in [0.2, 0.25) is 0 Å². The van der Waals surface area contributed by atoms with Gasteiger partial charge < -0.3 is 9.84 Å². The van der Waals surface area contributed by atoms with E-state index in [-0.39, 0.29) is 6.61 Å². The van der Waals surface area contributed by atoms with E-state index in [1.807, 2.05) is 13.0 Å². The quantitative estimate of drug-likeness (QED) is 0.903. The Morgan fingerprint density at radius 1 is 1.09 bits per heavy atom. The number of fused-ring (bicyclic) bond motifs is 2. The van der Waals surface area contributed by atoms with Crippen LogP contribution >= 0.6 is 0 Å². The summed E-state index contributed by atoms with van der Waals surface area (Å²) in [6.07, 6.45) is 5.93. The zero-order chi connectivity index (χ0) is 15.8. The Morgan fingerprint density at radius 3 is 2.30 bits per heavy atom. The highest BCUT2D eigenvalue weighted by atomic mass is 16.5. The van der Waals surface area contributed by atoms with Crippen molar-refractivity contribution in [3.8, 4) is 5.75 Å². The topological polar surface area (TPSA) is 32.7 Å². The van der Waals surface area contributed by atoms with E-state index in [0.29, 0.717) is 6.61 Å². The minimum atomic E-state index is 0.0541. The van der Waals surface area contributed by atoms with E-state index >= 15 is 0 Å². The highest BCUT2D eigenvalue weighted by Crippen LogP contribution is 2.51. The van der Waals surface area contributed by atoms with Crippen LogP contribution in [0.25, 0.3) is 0 Å². The van der Waals surface area contributed by atoms with E-state index in [2.05, 4.69) is 17.0 Å². The average Bonchev–Trinajstić information content (AvgIpc) is 3.03. The van der Waals surface area contributed by atoms with Crippen molar-refractivity contribution in [2.75, 3.05) is 19.7 Å². The predicted molar refractivity (Wildman–Crippen MR) is 91.2 cm³/mol. The van der Waals surface area contributed by atoms with Crippen molar-refractivity contribution >= 4 is 0 Å². The molecule has 1 aromatic rings. The van der Waals surface area contributed by atoms with Crippen LogP contribution in [0.15, 0.2) is 18.2 Å². The first-order chi connectivity index (χ1) is 11.3. The molecule has 4 aliphatic rings. The lowest BCUT2D eigenvalue weighted by atomic mass is 9.60. The molecule has 0 aromatic heterocycles. The second-order valence-electron chi connectivity index (χ2n) is 7.73. The van der Waals surface area contributed by atoms with Crippen LogP contribution in [0.1, 0.15) is 43.7 Å². The molecule has 3 aliphatic carbocycles. The fourth-order valence-corrected chi connectivity index (χ4v) is 5.48. The number of ether oxygens (including phenoxy) is 1. The molecule has 126 valence electrons. The third-order valence-electron chi connectivity index (χ3n) is 6.52. The number of hydrogen-bond acceptors (Lipinski definition) is 3. The molecule has 1 aromatic carbocycles. The lowest BCUT2D eigenvalue weighted by molar-refractivity contribution is 0.0577. The maximum atomic E-state index is 9.58. The second-order valence-corrected chi connectivity index (χ2v) is 7.73. The predicted octanol–water partition coefficient (Wildman–Crippen LogP) is 3.45. The molecular weight excluding hydrogens is 286 g/mol. The van der Waals surface area contributed by atoms with E-state index in [1.165, 1.54) is 44.3 Å². The Labute approximate surface area is 139 Å². The lowest BCUT2D eigenvalue weighted by Gasteiger charge is -2.45. The molecule has 5 rings (SSSR count). The van der Waals surface area contributed by atoms with Gasteiger partial charge in [0.15, 0.2) is 0 Å². The van der Waals surface area contributed by atoms with Crippen molar-refractivity contribution in [3.63, 3.8) is 0 Å². The largest absolute Gasteiger partial charge is 0.494 e. The van der Waals surface area contributed by atoms with Crippen LogP contribution in [-0.4, -0.2) is 29.7 Å². The molecule has 2 atom stereocenters. The van der Waals surface area contributed by atoms with Gasteiger partial charge in [-0.25, -0.2) is 0 Å². The summed E-state index contributed by atoms with van der Waals surface area (Å²) in [5, 5.41) is 9.58. The summed E-state index contributed by atoms with van der Waals surface area (Å²) in [4.78, 5) is 2.66. The first-order valence-corrected chi connectivity index (χ1v) is 9.36. The van der Waals surface area contributed by atoms with Gasteiger partial charge >= 0.3 is 0 Å². The monoisotopic (exact) mass is 315 g/mol. The van der Waals surface area contributed by atoms with Gasteiger partial charge in [0.1, 0.15) is 5.75 Å². The zero-order valence-corrected chi connectivity index (χ0v) is 14.2. The Morgan fingerprint density at radius 2 is 1.74 bits per heavy atom. The standard InChI is InChI=1S/C20H29NO2/c1-2-23-20-8-3-14(9-17(20)13-22)10-21-11-18-15-4-5-16(7-6-15)19(18)12-21/h3,8-9,15-16,18-19,22H,2,4-7,10-13H2,1H3/t15?,16?,18-,19+. The van der Waals surface area contributed by atoms with Crippen LogP contribution in [0.2, 0.25) is 0 Å². The smallest absolute Gasteiger partial charge is 0.124 e. The highest BCUT2D eigenvalue weighted by molar-refractivity contribution is 5.37. The molecule has 2 bridgehead atoms. The maximum absolute atomic E-state index is 9.58. The number of nitrogens with zero attached hydrogens (tertiary/aromatic N) is 1. The molecule has 1 heterocycles. The third kappa shape index (κ3) is 2.89. The molecule has 1 aliphatic heterocycles. The Bertz CT molecular complexity index is 531. The van der Waals surface area contributed by atoms with Gasteiger partial charge in [0, 0.05) is 25.2 Å². The summed E-state index contributed by atoms with van der Waals surface area (Å²) in [6.45, 7) is 6.27. The van der Waals surface area contributed by atoms with Crippen LogP contribution in [-0.2, 0) is 13.2 Å². The lowest BCUT2D eigenvalue weighted by Crippen LogP contribution is -2.38. The van der Waals surface area contributed by atoms with E-state index in [9.17, 15) is 5.11 Å². The van der Waals surface area contributed by atoms with Crippen molar-refractivity contribution in [1.82, 2.24) is 4.90 Å². The number of aliphatic hydroxyl groups excluding tert-OH is 1. The molecule has 0 amide bonds. The van der Waals surface area contributed by atoms with E-state index in [0.717, 1.165) is 41.5 Å². The summed E-state index contributed by atoms with van der Waals surface area (Å²) >= 11 is 0. The van der Waals surface area contributed by atoms with Gasteiger partial charge in [0.25, 0.3) is 0 Å². The minimum Gasteiger partial charge on any atom is -0.494 e. The van der Waals surface area contributed by atoms with E-state index in [4.69, 9.17) is 4.74 Å². The fourth-order valence-electron chi connectivity index (χ4n) is 5.48. The SMILES string of the molecule is CCOc1ccc(CN2C[C@@H]3C4CCC(CC4)[C@@H]3C2)cc1CO. The summed E-state index contributed by atoms with van der Waals surface area (Å²) in [6, 6.07) is 6.32. The Hall–Kier alpha value is -1.06. The molecule has 0 unspecified atom stereocenters. The summed E-state index contributed by atoms with van der Waals surface area (Å²) in [5.41, 5.74) is 2.23. The average molecular weight is 315 g/mol. The minimum absolute atomic E-state index is 0.0541. The molecule has 3 nitrogen and oxygen atoms in total. The molecule has 1 N–H and O–H groups in total. The van der Waals surface area contributed by atoms with Crippen molar-refractivity contribution < 1.29 is 9.84 Å². The summed E-state index contributed by atoms with van der Waals surface area (Å²) < 4.78 is 5.59. The maximum Gasteiger partial charge on any atom is 0.124 e. The Kier molecular flexibility index (Phi) is 4.33. The van der Waals surface area contributed by atoms with E-state index < -0.39 is 0 Å². The summed E-state index contributed by atoms with van der Waals surface area (Å²) in [7, 11) is 0.